The molecule has 0 bridgehead atoms. The quantitative estimate of drug-likeness (QED) is 0.354. The van der Waals surface area contributed by atoms with Crippen molar-refractivity contribution in [2.24, 2.45) is 0 Å². The van der Waals surface area contributed by atoms with Crippen LogP contribution in [0.5, 0.6) is 11.5 Å². The Hall–Kier alpha value is -2.54. The van der Waals surface area contributed by atoms with Crippen LogP contribution in [0.25, 0.3) is 0 Å². The molecule has 1 heteroatoms. The summed E-state index contributed by atoms with van der Waals surface area (Å²) in [4.78, 5) is 0. The van der Waals surface area contributed by atoms with Crippen LogP contribution in [0.15, 0.2) is 72.8 Å². The van der Waals surface area contributed by atoms with Crippen LogP contribution >= 0.6 is 0 Å². The summed E-state index contributed by atoms with van der Waals surface area (Å²) in [5.41, 5.74) is 6.14. The summed E-state index contributed by atoms with van der Waals surface area (Å²) < 4.78 is 6.02. The maximum absolute atomic E-state index is 6.02. The average Bonchev–Trinajstić information content (AvgIpc) is 2.73. The van der Waals surface area contributed by atoms with Crippen LogP contribution in [0.2, 0.25) is 0 Å². The summed E-state index contributed by atoms with van der Waals surface area (Å²) in [6, 6.07) is 25.7. The maximum Gasteiger partial charge on any atom is 0.127 e. The Labute approximate surface area is 202 Å². The van der Waals surface area contributed by atoms with Crippen LogP contribution < -0.4 is 4.74 Å². The smallest absolute Gasteiger partial charge is 0.127 e. The van der Waals surface area contributed by atoms with Crippen LogP contribution in [0.4, 0.5) is 0 Å². The molecule has 0 aromatic heterocycles. The highest BCUT2D eigenvalue weighted by Crippen LogP contribution is 2.38. The number of rotatable bonds is 7. The zero-order chi connectivity index (χ0) is 24.3. The topological polar surface area (TPSA) is 9.23 Å². The van der Waals surface area contributed by atoms with Gasteiger partial charge in [-0.3, -0.25) is 0 Å². The van der Waals surface area contributed by atoms with E-state index in [1.54, 1.807) is 0 Å². The van der Waals surface area contributed by atoms with E-state index in [2.05, 4.69) is 91.8 Å². The SMILES string of the molecule is CC(C)(C)c1ccc(C(C)(C)CCCc2cccc(Oc3ccccc3)c2)cc1C(C)(C)C. The number of ether oxygens (including phenoxy) is 1. The summed E-state index contributed by atoms with van der Waals surface area (Å²) in [5, 5.41) is 0. The van der Waals surface area contributed by atoms with Crippen LogP contribution in [-0.4, -0.2) is 0 Å². The number of benzene rings is 3. The standard InChI is InChI=1S/C32H42O/c1-30(2,3)28-20-19-25(23-29(28)31(4,5)6)32(7,8)21-13-15-24-14-12-18-27(22-24)33-26-16-10-9-11-17-26/h9-12,14,16-20,22-23H,13,15,21H2,1-8H3. The van der Waals surface area contributed by atoms with Crippen molar-refractivity contribution in [3.63, 3.8) is 0 Å². The van der Waals surface area contributed by atoms with E-state index in [1.807, 2.05) is 36.4 Å². The second-order valence-electron chi connectivity index (χ2n) is 12.1. The minimum absolute atomic E-state index is 0.133. The molecule has 0 unspecified atom stereocenters. The molecule has 0 aliphatic carbocycles. The fraction of sp³-hybridized carbons (Fsp3) is 0.438. The monoisotopic (exact) mass is 442 g/mol. The molecule has 0 saturated carbocycles. The van der Waals surface area contributed by atoms with E-state index in [0.717, 1.165) is 30.8 Å². The zero-order valence-electron chi connectivity index (χ0n) is 22.0. The van der Waals surface area contributed by atoms with E-state index in [9.17, 15) is 0 Å². The van der Waals surface area contributed by atoms with Crippen molar-refractivity contribution in [3.8, 4) is 11.5 Å². The molecule has 0 aliphatic rings. The van der Waals surface area contributed by atoms with Crippen LogP contribution in [0, 0.1) is 0 Å². The Morgan fingerprint density at radius 1 is 0.606 bits per heavy atom. The third-order valence-electron chi connectivity index (χ3n) is 6.56. The highest BCUT2D eigenvalue weighted by molar-refractivity contribution is 5.43. The Balaban J connectivity index is 1.70. The molecule has 0 spiro atoms. The number of aryl methyl sites for hydroxylation is 1. The predicted octanol–water partition coefficient (Wildman–Crippen LogP) is 9.37. The molecule has 33 heavy (non-hydrogen) atoms. The Morgan fingerprint density at radius 2 is 1.24 bits per heavy atom. The van der Waals surface area contributed by atoms with E-state index in [1.165, 1.54) is 22.3 Å². The third kappa shape index (κ3) is 6.73. The normalized spacial score (nSPS) is 12.6. The molecular formula is C32H42O. The van der Waals surface area contributed by atoms with E-state index in [4.69, 9.17) is 4.74 Å². The van der Waals surface area contributed by atoms with Gasteiger partial charge >= 0.3 is 0 Å². The van der Waals surface area contributed by atoms with E-state index in [-0.39, 0.29) is 16.2 Å². The lowest BCUT2D eigenvalue weighted by Crippen LogP contribution is -2.24. The minimum Gasteiger partial charge on any atom is -0.457 e. The highest BCUT2D eigenvalue weighted by Gasteiger charge is 2.28. The predicted molar refractivity (Wildman–Crippen MR) is 143 cm³/mol. The van der Waals surface area contributed by atoms with Gasteiger partial charge in [0.25, 0.3) is 0 Å². The molecule has 0 N–H and O–H groups in total. The first-order valence-electron chi connectivity index (χ1n) is 12.3. The van der Waals surface area contributed by atoms with Crippen LogP contribution in [0.1, 0.15) is 90.5 Å². The molecule has 1 nitrogen and oxygen atoms in total. The Morgan fingerprint density at radius 3 is 1.88 bits per heavy atom. The van der Waals surface area contributed by atoms with Gasteiger partial charge in [-0.2, -0.15) is 0 Å². The second-order valence-corrected chi connectivity index (χ2v) is 12.1. The minimum atomic E-state index is 0.133. The molecule has 0 saturated heterocycles. The van der Waals surface area contributed by atoms with Gasteiger partial charge in [-0.05, 0) is 82.0 Å². The highest BCUT2D eigenvalue weighted by atomic mass is 16.5. The molecule has 0 aliphatic heterocycles. The van der Waals surface area contributed by atoms with Crippen molar-refractivity contribution >= 4 is 0 Å². The molecule has 0 fully saturated rings. The lowest BCUT2D eigenvalue weighted by Gasteiger charge is -2.33. The van der Waals surface area contributed by atoms with Crippen LogP contribution in [-0.2, 0) is 22.7 Å². The van der Waals surface area contributed by atoms with E-state index < -0.39 is 0 Å². The molecule has 3 rings (SSSR count). The van der Waals surface area contributed by atoms with Crippen molar-refractivity contribution in [1.29, 1.82) is 0 Å². The van der Waals surface area contributed by atoms with Gasteiger partial charge in [0.2, 0.25) is 0 Å². The summed E-state index contributed by atoms with van der Waals surface area (Å²) >= 11 is 0. The van der Waals surface area contributed by atoms with Gasteiger partial charge in [-0.1, -0.05) is 104 Å². The summed E-state index contributed by atoms with van der Waals surface area (Å²) in [7, 11) is 0. The molecule has 0 heterocycles. The molecule has 176 valence electrons. The summed E-state index contributed by atoms with van der Waals surface area (Å²) in [5.74, 6) is 1.79. The number of para-hydroxylation sites is 1. The van der Waals surface area contributed by atoms with Crippen molar-refractivity contribution in [1.82, 2.24) is 0 Å². The fourth-order valence-electron chi connectivity index (χ4n) is 4.51. The molecular weight excluding hydrogens is 400 g/mol. The Bertz CT molecular complexity index is 1050. The lowest BCUT2D eigenvalue weighted by molar-refractivity contribution is 0.456. The largest absolute Gasteiger partial charge is 0.457 e. The average molecular weight is 443 g/mol. The van der Waals surface area contributed by atoms with Crippen molar-refractivity contribution in [2.45, 2.75) is 90.9 Å². The Kier molecular flexibility index (Phi) is 7.42. The molecule has 3 aromatic carbocycles. The first-order valence-corrected chi connectivity index (χ1v) is 12.3. The van der Waals surface area contributed by atoms with Gasteiger partial charge in [0.05, 0.1) is 0 Å². The second kappa shape index (κ2) is 9.75. The molecule has 0 radical (unpaired) electrons. The van der Waals surface area contributed by atoms with Crippen molar-refractivity contribution < 1.29 is 4.74 Å². The fourth-order valence-corrected chi connectivity index (χ4v) is 4.51. The first-order chi connectivity index (χ1) is 15.4. The molecule has 0 amide bonds. The van der Waals surface area contributed by atoms with Crippen molar-refractivity contribution in [2.75, 3.05) is 0 Å². The van der Waals surface area contributed by atoms with Gasteiger partial charge in [0.1, 0.15) is 11.5 Å². The summed E-state index contributed by atoms with van der Waals surface area (Å²) in [6.45, 7) is 18.7. The molecule has 3 aromatic rings. The van der Waals surface area contributed by atoms with Crippen molar-refractivity contribution in [3.05, 3.63) is 95.1 Å². The van der Waals surface area contributed by atoms with Gasteiger partial charge in [-0.15, -0.1) is 0 Å². The third-order valence-corrected chi connectivity index (χ3v) is 6.56. The number of hydrogen-bond donors (Lipinski definition) is 0. The van der Waals surface area contributed by atoms with Gasteiger partial charge in [0, 0.05) is 0 Å². The number of hydrogen-bond acceptors (Lipinski definition) is 1. The lowest BCUT2D eigenvalue weighted by atomic mass is 9.71. The van der Waals surface area contributed by atoms with Gasteiger partial charge in [0.15, 0.2) is 0 Å². The van der Waals surface area contributed by atoms with E-state index >= 15 is 0 Å². The van der Waals surface area contributed by atoms with E-state index in [0.29, 0.717) is 0 Å². The first kappa shape index (κ1) is 25.1. The van der Waals surface area contributed by atoms with Gasteiger partial charge in [-0.25, -0.2) is 0 Å². The zero-order valence-corrected chi connectivity index (χ0v) is 22.0. The van der Waals surface area contributed by atoms with Crippen LogP contribution in [0.3, 0.4) is 0 Å². The maximum atomic E-state index is 6.02. The summed E-state index contributed by atoms with van der Waals surface area (Å²) in [6.07, 6.45) is 3.35. The molecule has 0 atom stereocenters. The van der Waals surface area contributed by atoms with Gasteiger partial charge < -0.3 is 4.74 Å².